The predicted molar refractivity (Wildman–Crippen MR) is 69.1 cm³/mol. The highest BCUT2D eigenvalue weighted by molar-refractivity contribution is 6.37. The van der Waals surface area contributed by atoms with E-state index in [1.165, 1.54) is 6.07 Å². The van der Waals surface area contributed by atoms with Crippen molar-refractivity contribution in [2.75, 3.05) is 0 Å². The molecule has 2 aromatic rings. The number of nitrogens with zero attached hydrogens (tertiary/aromatic N) is 1. The van der Waals surface area contributed by atoms with E-state index in [0.717, 1.165) is 0 Å². The molecule has 2 rings (SSSR count). The van der Waals surface area contributed by atoms with Crippen molar-refractivity contribution in [1.82, 2.24) is 4.98 Å². The van der Waals surface area contributed by atoms with Gasteiger partial charge in [0.1, 0.15) is 10.8 Å². The van der Waals surface area contributed by atoms with Crippen LogP contribution < -0.4 is 0 Å². The molecule has 0 aliphatic carbocycles. The van der Waals surface area contributed by atoms with Crippen molar-refractivity contribution in [3.63, 3.8) is 0 Å². The van der Waals surface area contributed by atoms with Gasteiger partial charge in [0, 0.05) is 10.6 Å². The van der Waals surface area contributed by atoms with Gasteiger partial charge in [0.15, 0.2) is 0 Å². The molecule has 86 valence electrons. The van der Waals surface area contributed by atoms with E-state index in [2.05, 4.69) is 4.98 Å². The number of hydrogen-bond donors (Lipinski definition) is 0. The molecule has 1 aromatic heterocycles. The van der Waals surface area contributed by atoms with Gasteiger partial charge in [-0.1, -0.05) is 40.9 Å². The minimum absolute atomic E-state index is 0.252. The molecule has 0 N–H and O–H groups in total. The Labute approximate surface area is 113 Å². The van der Waals surface area contributed by atoms with Crippen LogP contribution in [-0.4, -0.2) is 10.8 Å². The molecular formula is C12H6Cl3NO. The lowest BCUT2D eigenvalue weighted by Crippen LogP contribution is -2.04. The topological polar surface area (TPSA) is 30.0 Å². The third-order valence-corrected chi connectivity index (χ3v) is 2.88. The summed E-state index contributed by atoms with van der Waals surface area (Å²) >= 11 is 17.4. The molecule has 0 aliphatic rings. The number of aromatic nitrogens is 1. The SMILES string of the molecule is O=C(c1cccc(Cl)n1)c1ccc(Cl)cc1Cl. The van der Waals surface area contributed by atoms with Gasteiger partial charge in [-0.2, -0.15) is 0 Å². The van der Waals surface area contributed by atoms with Crippen LogP contribution in [0.4, 0.5) is 0 Å². The van der Waals surface area contributed by atoms with Crippen molar-refractivity contribution < 1.29 is 4.79 Å². The summed E-state index contributed by atoms with van der Waals surface area (Å²) in [6, 6.07) is 9.52. The fraction of sp³-hybridized carbons (Fsp3) is 0. The second-order valence-electron chi connectivity index (χ2n) is 3.30. The highest BCUT2D eigenvalue weighted by Crippen LogP contribution is 2.23. The Kier molecular flexibility index (Phi) is 3.67. The molecule has 2 nitrogen and oxygen atoms in total. The van der Waals surface area contributed by atoms with Crippen LogP contribution in [0, 0.1) is 0 Å². The lowest BCUT2D eigenvalue weighted by Gasteiger charge is -2.03. The zero-order valence-electron chi connectivity index (χ0n) is 8.45. The van der Waals surface area contributed by atoms with Crippen molar-refractivity contribution in [2.24, 2.45) is 0 Å². The molecule has 0 aliphatic heterocycles. The number of halogens is 3. The van der Waals surface area contributed by atoms with E-state index in [1.807, 2.05) is 0 Å². The first kappa shape index (κ1) is 12.4. The van der Waals surface area contributed by atoms with Crippen LogP contribution in [0.1, 0.15) is 16.1 Å². The molecule has 0 saturated heterocycles. The molecule has 0 fully saturated rings. The monoisotopic (exact) mass is 285 g/mol. The molecule has 0 saturated carbocycles. The summed E-state index contributed by atoms with van der Waals surface area (Å²) in [4.78, 5) is 16.0. The van der Waals surface area contributed by atoms with E-state index >= 15 is 0 Å². The van der Waals surface area contributed by atoms with E-state index in [4.69, 9.17) is 34.8 Å². The molecule has 17 heavy (non-hydrogen) atoms. The van der Waals surface area contributed by atoms with Gasteiger partial charge < -0.3 is 0 Å². The van der Waals surface area contributed by atoms with E-state index in [9.17, 15) is 4.79 Å². The molecule has 1 aromatic carbocycles. The van der Waals surface area contributed by atoms with Crippen LogP contribution in [0.2, 0.25) is 15.2 Å². The molecule has 1 heterocycles. The molecule has 0 radical (unpaired) electrons. The number of ketones is 1. The van der Waals surface area contributed by atoms with Gasteiger partial charge in [0.2, 0.25) is 5.78 Å². The van der Waals surface area contributed by atoms with Gasteiger partial charge in [0.05, 0.1) is 5.02 Å². The lowest BCUT2D eigenvalue weighted by molar-refractivity contribution is 0.103. The van der Waals surface area contributed by atoms with Crippen LogP contribution in [0.25, 0.3) is 0 Å². The van der Waals surface area contributed by atoms with Crippen molar-refractivity contribution in [3.05, 3.63) is 62.9 Å². The number of pyridine rings is 1. The average molecular weight is 287 g/mol. The Morgan fingerprint density at radius 2 is 1.82 bits per heavy atom. The summed E-state index contributed by atoms with van der Waals surface area (Å²) in [5.74, 6) is -0.283. The molecule has 0 spiro atoms. The number of carbonyl (C=O) groups excluding carboxylic acids is 1. The minimum Gasteiger partial charge on any atom is -0.287 e. The molecule has 0 unspecified atom stereocenters. The largest absolute Gasteiger partial charge is 0.287 e. The zero-order valence-corrected chi connectivity index (χ0v) is 10.7. The average Bonchev–Trinajstić information content (AvgIpc) is 2.28. The standard InChI is InChI=1S/C12H6Cl3NO/c13-7-4-5-8(9(14)6-7)12(17)10-2-1-3-11(15)16-10/h1-6H. The van der Waals surface area contributed by atoms with Crippen molar-refractivity contribution in [3.8, 4) is 0 Å². The summed E-state index contributed by atoms with van der Waals surface area (Å²) in [5, 5.41) is 1.04. The van der Waals surface area contributed by atoms with E-state index in [1.54, 1.807) is 30.3 Å². The molecule has 0 amide bonds. The fourth-order valence-corrected chi connectivity index (χ4v) is 2.00. The second kappa shape index (κ2) is 5.05. The van der Waals surface area contributed by atoms with Gasteiger partial charge in [0.25, 0.3) is 0 Å². The highest BCUT2D eigenvalue weighted by Gasteiger charge is 2.14. The molecule has 0 bridgehead atoms. The van der Waals surface area contributed by atoms with Crippen molar-refractivity contribution in [1.29, 1.82) is 0 Å². The van der Waals surface area contributed by atoms with E-state index in [0.29, 0.717) is 15.6 Å². The Morgan fingerprint density at radius 1 is 1.06 bits per heavy atom. The predicted octanol–water partition coefficient (Wildman–Crippen LogP) is 4.27. The van der Waals surface area contributed by atoms with Gasteiger partial charge in [-0.15, -0.1) is 0 Å². The van der Waals surface area contributed by atoms with Gasteiger partial charge >= 0.3 is 0 Å². The summed E-state index contributed by atoms with van der Waals surface area (Å²) in [5.41, 5.74) is 0.604. The van der Waals surface area contributed by atoms with Crippen LogP contribution >= 0.6 is 34.8 Å². The zero-order chi connectivity index (χ0) is 12.4. The second-order valence-corrected chi connectivity index (χ2v) is 4.53. The molecule has 5 heteroatoms. The van der Waals surface area contributed by atoms with Gasteiger partial charge in [-0.3, -0.25) is 4.79 Å². The first-order valence-corrected chi connectivity index (χ1v) is 5.83. The van der Waals surface area contributed by atoms with Gasteiger partial charge in [-0.05, 0) is 30.3 Å². The smallest absolute Gasteiger partial charge is 0.212 e. The van der Waals surface area contributed by atoms with Crippen LogP contribution in [0.5, 0.6) is 0 Å². The molecule has 0 atom stereocenters. The van der Waals surface area contributed by atoms with Gasteiger partial charge in [-0.25, -0.2) is 4.98 Å². The summed E-state index contributed by atoms with van der Waals surface area (Å²) in [6.07, 6.45) is 0. The maximum Gasteiger partial charge on any atom is 0.212 e. The van der Waals surface area contributed by atoms with Crippen molar-refractivity contribution in [2.45, 2.75) is 0 Å². The number of hydrogen-bond acceptors (Lipinski definition) is 2. The Balaban J connectivity index is 2.44. The third kappa shape index (κ3) is 2.78. The van der Waals surface area contributed by atoms with E-state index in [-0.39, 0.29) is 16.6 Å². The Morgan fingerprint density at radius 3 is 2.47 bits per heavy atom. The normalized spacial score (nSPS) is 10.3. The van der Waals surface area contributed by atoms with Crippen LogP contribution in [-0.2, 0) is 0 Å². The minimum atomic E-state index is -0.283. The number of rotatable bonds is 2. The summed E-state index contributed by atoms with van der Waals surface area (Å²) < 4.78 is 0. The van der Waals surface area contributed by atoms with E-state index < -0.39 is 0 Å². The number of carbonyl (C=O) groups is 1. The van der Waals surface area contributed by atoms with Crippen molar-refractivity contribution >= 4 is 40.6 Å². The maximum atomic E-state index is 12.1. The summed E-state index contributed by atoms with van der Waals surface area (Å²) in [6.45, 7) is 0. The fourth-order valence-electron chi connectivity index (χ4n) is 1.35. The lowest BCUT2D eigenvalue weighted by atomic mass is 10.1. The number of benzene rings is 1. The first-order chi connectivity index (χ1) is 8.08. The molecular weight excluding hydrogens is 280 g/mol. The van der Waals surface area contributed by atoms with Crippen LogP contribution in [0.15, 0.2) is 36.4 Å². The van der Waals surface area contributed by atoms with Crippen LogP contribution in [0.3, 0.4) is 0 Å². The third-order valence-electron chi connectivity index (χ3n) is 2.12. The quantitative estimate of drug-likeness (QED) is 0.609. The summed E-state index contributed by atoms with van der Waals surface area (Å²) in [7, 11) is 0. The first-order valence-electron chi connectivity index (χ1n) is 4.70. The Hall–Kier alpha value is -1.09. The Bertz CT molecular complexity index is 584. The maximum absolute atomic E-state index is 12.1. The highest BCUT2D eigenvalue weighted by atomic mass is 35.5.